The summed E-state index contributed by atoms with van der Waals surface area (Å²) in [7, 11) is 0. The van der Waals surface area contributed by atoms with Gasteiger partial charge in [-0.3, -0.25) is 4.98 Å². The lowest BCUT2D eigenvalue weighted by atomic mass is 9.99. The van der Waals surface area contributed by atoms with Gasteiger partial charge in [0.15, 0.2) is 0 Å². The third kappa shape index (κ3) is 4.41. The number of hydrogen-bond acceptors (Lipinski definition) is 1. The van der Waals surface area contributed by atoms with Crippen molar-refractivity contribution < 1.29 is 4.39 Å². The van der Waals surface area contributed by atoms with Crippen LogP contribution in [0.1, 0.15) is 57.6 Å². The SMILES string of the molecule is CCCCCCC(C)c1ccc(F)cn1. The van der Waals surface area contributed by atoms with Crippen LogP contribution in [0.5, 0.6) is 0 Å². The first kappa shape index (κ1) is 12.2. The van der Waals surface area contributed by atoms with Crippen LogP contribution >= 0.6 is 0 Å². The highest BCUT2D eigenvalue weighted by Crippen LogP contribution is 2.20. The molecular weight excluding hydrogens is 189 g/mol. The zero-order valence-corrected chi connectivity index (χ0v) is 9.67. The van der Waals surface area contributed by atoms with Crippen molar-refractivity contribution in [3.8, 4) is 0 Å². The molecular formula is C13H20FN. The molecule has 0 saturated carbocycles. The first-order chi connectivity index (χ1) is 7.24. The van der Waals surface area contributed by atoms with Crippen LogP contribution in [0.25, 0.3) is 0 Å². The molecule has 0 aliphatic rings. The topological polar surface area (TPSA) is 12.9 Å². The summed E-state index contributed by atoms with van der Waals surface area (Å²) in [6.45, 7) is 4.37. The maximum atomic E-state index is 12.6. The summed E-state index contributed by atoms with van der Waals surface area (Å²) in [6, 6.07) is 3.28. The maximum Gasteiger partial charge on any atom is 0.141 e. The van der Waals surface area contributed by atoms with Gasteiger partial charge in [0.25, 0.3) is 0 Å². The molecule has 1 unspecified atom stereocenters. The van der Waals surface area contributed by atoms with Crippen molar-refractivity contribution in [2.75, 3.05) is 0 Å². The molecule has 0 bridgehead atoms. The Balaban J connectivity index is 2.33. The number of nitrogens with zero attached hydrogens (tertiary/aromatic N) is 1. The monoisotopic (exact) mass is 209 g/mol. The van der Waals surface area contributed by atoms with E-state index in [1.54, 1.807) is 6.07 Å². The summed E-state index contributed by atoms with van der Waals surface area (Å²) in [5.74, 6) is 0.194. The van der Waals surface area contributed by atoms with E-state index in [0.29, 0.717) is 5.92 Å². The summed E-state index contributed by atoms with van der Waals surface area (Å²) < 4.78 is 12.6. The van der Waals surface area contributed by atoms with Gasteiger partial charge in [-0.25, -0.2) is 4.39 Å². The molecule has 0 radical (unpaired) electrons. The van der Waals surface area contributed by atoms with Gasteiger partial charge in [-0.2, -0.15) is 0 Å². The van der Waals surface area contributed by atoms with Crippen molar-refractivity contribution in [3.05, 3.63) is 29.8 Å². The van der Waals surface area contributed by atoms with Crippen LogP contribution in [0.4, 0.5) is 4.39 Å². The minimum atomic E-state index is -0.253. The molecule has 0 saturated heterocycles. The second-order valence-corrected chi connectivity index (χ2v) is 4.15. The van der Waals surface area contributed by atoms with Gasteiger partial charge in [0, 0.05) is 5.69 Å². The Morgan fingerprint density at radius 3 is 2.67 bits per heavy atom. The first-order valence-corrected chi connectivity index (χ1v) is 5.85. The van der Waals surface area contributed by atoms with Crippen LogP contribution in [0, 0.1) is 5.82 Å². The van der Waals surface area contributed by atoms with E-state index < -0.39 is 0 Å². The van der Waals surface area contributed by atoms with Gasteiger partial charge in [-0.15, -0.1) is 0 Å². The van der Waals surface area contributed by atoms with Crippen molar-refractivity contribution in [2.45, 2.75) is 51.9 Å². The van der Waals surface area contributed by atoms with Gasteiger partial charge in [0.1, 0.15) is 5.82 Å². The molecule has 1 aromatic heterocycles. The molecule has 2 heteroatoms. The van der Waals surface area contributed by atoms with Gasteiger partial charge in [-0.05, 0) is 24.5 Å². The Kier molecular flexibility index (Phi) is 5.30. The highest BCUT2D eigenvalue weighted by atomic mass is 19.1. The van der Waals surface area contributed by atoms with Crippen LogP contribution in [0.3, 0.4) is 0 Å². The van der Waals surface area contributed by atoms with Gasteiger partial charge < -0.3 is 0 Å². The van der Waals surface area contributed by atoms with E-state index in [4.69, 9.17) is 0 Å². The lowest BCUT2D eigenvalue weighted by molar-refractivity contribution is 0.566. The molecule has 1 nitrogen and oxygen atoms in total. The van der Waals surface area contributed by atoms with Gasteiger partial charge >= 0.3 is 0 Å². The van der Waals surface area contributed by atoms with E-state index in [1.807, 2.05) is 0 Å². The summed E-state index contributed by atoms with van der Waals surface area (Å²) in [5.41, 5.74) is 1.01. The molecule has 1 atom stereocenters. The third-order valence-electron chi connectivity index (χ3n) is 2.75. The van der Waals surface area contributed by atoms with Crippen LogP contribution in [-0.2, 0) is 0 Å². The Labute approximate surface area is 91.7 Å². The fraction of sp³-hybridized carbons (Fsp3) is 0.615. The molecule has 15 heavy (non-hydrogen) atoms. The Morgan fingerprint density at radius 2 is 2.07 bits per heavy atom. The van der Waals surface area contributed by atoms with Gasteiger partial charge in [-0.1, -0.05) is 39.5 Å². The van der Waals surface area contributed by atoms with Gasteiger partial charge in [0.05, 0.1) is 6.20 Å². The van der Waals surface area contributed by atoms with E-state index in [9.17, 15) is 4.39 Å². The van der Waals surface area contributed by atoms with E-state index in [0.717, 1.165) is 12.1 Å². The van der Waals surface area contributed by atoms with Crippen LogP contribution in [0.2, 0.25) is 0 Å². The lowest BCUT2D eigenvalue weighted by Crippen LogP contribution is -1.97. The molecule has 84 valence electrons. The minimum absolute atomic E-state index is 0.253. The predicted octanol–water partition coefficient (Wildman–Crippen LogP) is 4.29. The zero-order chi connectivity index (χ0) is 11.1. The highest BCUT2D eigenvalue weighted by Gasteiger charge is 2.06. The van der Waals surface area contributed by atoms with E-state index in [-0.39, 0.29) is 5.82 Å². The summed E-state index contributed by atoms with van der Waals surface area (Å²) >= 11 is 0. The van der Waals surface area contributed by atoms with E-state index in [1.165, 1.54) is 37.9 Å². The lowest BCUT2D eigenvalue weighted by Gasteiger charge is -2.10. The molecule has 0 fully saturated rings. The average molecular weight is 209 g/mol. The van der Waals surface area contributed by atoms with Crippen molar-refractivity contribution in [1.29, 1.82) is 0 Å². The standard InChI is InChI=1S/C13H20FN/c1-3-4-5-6-7-11(2)13-9-8-12(14)10-15-13/h8-11H,3-7H2,1-2H3. The molecule has 0 N–H and O–H groups in total. The number of pyridine rings is 1. The molecule has 0 aliphatic carbocycles. The third-order valence-corrected chi connectivity index (χ3v) is 2.75. The largest absolute Gasteiger partial charge is 0.258 e. The smallest absolute Gasteiger partial charge is 0.141 e. The number of aromatic nitrogens is 1. The van der Waals surface area contributed by atoms with Gasteiger partial charge in [0.2, 0.25) is 0 Å². The zero-order valence-electron chi connectivity index (χ0n) is 9.67. The number of halogens is 1. The van der Waals surface area contributed by atoms with Crippen LogP contribution in [-0.4, -0.2) is 4.98 Å². The highest BCUT2D eigenvalue weighted by molar-refractivity contribution is 5.09. The fourth-order valence-electron chi connectivity index (χ4n) is 1.70. The fourth-order valence-corrected chi connectivity index (χ4v) is 1.70. The molecule has 1 rings (SSSR count). The maximum absolute atomic E-state index is 12.6. The minimum Gasteiger partial charge on any atom is -0.258 e. The number of hydrogen-bond donors (Lipinski definition) is 0. The quantitative estimate of drug-likeness (QED) is 0.637. The van der Waals surface area contributed by atoms with Crippen molar-refractivity contribution in [3.63, 3.8) is 0 Å². The van der Waals surface area contributed by atoms with Crippen molar-refractivity contribution >= 4 is 0 Å². The summed E-state index contributed by atoms with van der Waals surface area (Å²) in [6.07, 6.45) is 7.57. The van der Waals surface area contributed by atoms with E-state index in [2.05, 4.69) is 18.8 Å². The molecule has 0 spiro atoms. The second-order valence-electron chi connectivity index (χ2n) is 4.15. The second kappa shape index (κ2) is 6.54. The van der Waals surface area contributed by atoms with Crippen molar-refractivity contribution in [1.82, 2.24) is 4.98 Å². The van der Waals surface area contributed by atoms with E-state index >= 15 is 0 Å². The molecule has 1 aromatic rings. The predicted molar refractivity (Wildman–Crippen MR) is 61.4 cm³/mol. The molecule has 0 amide bonds. The number of rotatable bonds is 6. The Morgan fingerprint density at radius 1 is 1.27 bits per heavy atom. The molecule has 0 aliphatic heterocycles. The summed E-state index contributed by atoms with van der Waals surface area (Å²) in [4.78, 5) is 4.10. The average Bonchev–Trinajstić information content (AvgIpc) is 2.25. The Hall–Kier alpha value is -0.920. The number of unbranched alkanes of at least 4 members (excludes halogenated alkanes) is 3. The summed E-state index contributed by atoms with van der Waals surface area (Å²) in [5, 5.41) is 0. The normalized spacial score (nSPS) is 12.7. The Bertz CT molecular complexity index is 268. The van der Waals surface area contributed by atoms with Crippen molar-refractivity contribution in [2.24, 2.45) is 0 Å². The molecule has 1 heterocycles. The molecule has 0 aromatic carbocycles. The van der Waals surface area contributed by atoms with Crippen LogP contribution < -0.4 is 0 Å². The van der Waals surface area contributed by atoms with Crippen LogP contribution in [0.15, 0.2) is 18.3 Å². The first-order valence-electron chi connectivity index (χ1n) is 5.85.